The Hall–Kier alpha value is -0.340. The van der Waals surface area contributed by atoms with Crippen molar-refractivity contribution >= 4 is 0 Å². The fourth-order valence-electron chi connectivity index (χ4n) is 1.43. The van der Waals surface area contributed by atoms with Crippen LogP contribution in [0.5, 0.6) is 0 Å². The summed E-state index contributed by atoms with van der Waals surface area (Å²) in [6, 6.07) is 0. The molecule has 3 saturated heterocycles. The van der Waals surface area contributed by atoms with Gasteiger partial charge in [0.15, 0.2) is 0 Å². The van der Waals surface area contributed by atoms with E-state index in [1.807, 2.05) is 0 Å². The quantitative estimate of drug-likeness (QED) is 0.433. The van der Waals surface area contributed by atoms with E-state index in [-0.39, 0.29) is 11.3 Å². The Kier molecular flexibility index (Phi) is 2.56. The highest BCUT2D eigenvalue weighted by Crippen LogP contribution is 2.38. The lowest BCUT2D eigenvalue weighted by Gasteiger charge is -2.49. The average molecular weight is 200 g/mol. The fourth-order valence-corrected chi connectivity index (χ4v) is 1.43. The van der Waals surface area contributed by atoms with Crippen LogP contribution in [0.1, 0.15) is 0 Å². The van der Waals surface area contributed by atoms with Crippen molar-refractivity contribution < 1.29 is 33.9 Å². The molecule has 3 N–H and O–H groups in total. The number of rotatable bonds is 0. The lowest BCUT2D eigenvalue weighted by molar-refractivity contribution is -0.427. The Morgan fingerprint density at radius 3 is 2.38 bits per heavy atom. The molecule has 0 aliphatic carbocycles. The number of ether oxygens (including phenoxy) is 2. The van der Waals surface area contributed by atoms with Gasteiger partial charge in [0.2, 0.25) is 6.29 Å². The zero-order valence-electron chi connectivity index (χ0n) is 6.46. The average Bonchev–Trinajstić information content (AvgIpc) is 2.04. The van der Waals surface area contributed by atoms with Crippen molar-refractivity contribution in [3.05, 3.63) is 0 Å². The summed E-state index contributed by atoms with van der Waals surface area (Å²) in [5.41, 5.74) is 0. The van der Waals surface area contributed by atoms with Crippen LogP contribution in [0.15, 0.2) is 0 Å². The first kappa shape index (κ1) is 10.7. The standard InChI is InChI=1S/C6H9FO5.FH/c7-6-4(9)3(8)2(1-11-6)12-5(6)10;/h2-5,8-10H,1H2;1H/t2-,3+,4+,5?,6+;/m1./s1. The number of halogens is 2. The molecule has 3 rings (SSSR count). The molecule has 0 amide bonds. The Bertz CT molecular complexity index is 203. The number of aliphatic hydroxyl groups is 3. The molecule has 0 aromatic rings. The van der Waals surface area contributed by atoms with Gasteiger partial charge in [0, 0.05) is 0 Å². The van der Waals surface area contributed by atoms with Crippen LogP contribution >= 0.6 is 0 Å². The van der Waals surface area contributed by atoms with E-state index >= 15 is 0 Å². The Balaban J connectivity index is 0.000000845. The molecule has 0 spiro atoms. The lowest BCUT2D eigenvalue weighted by atomic mass is 9.94. The molecule has 7 heteroatoms. The van der Waals surface area contributed by atoms with Gasteiger partial charge < -0.3 is 24.8 Å². The number of hydrogen-bond donors (Lipinski definition) is 3. The van der Waals surface area contributed by atoms with Gasteiger partial charge in [-0.05, 0) is 0 Å². The molecular weight excluding hydrogens is 190 g/mol. The van der Waals surface area contributed by atoms with Crippen LogP contribution in [0.3, 0.4) is 0 Å². The minimum Gasteiger partial charge on any atom is -0.387 e. The summed E-state index contributed by atoms with van der Waals surface area (Å²) in [7, 11) is 0. The van der Waals surface area contributed by atoms with Crippen LogP contribution in [0.4, 0.5) is 9.09 Å². The second kappa shape index (κ2) is 3.10. The molecule has 3 aliphatic heterocycles. The van der Waals surface area contributed by atoms with Gasteiger partial charge >= 0.3 is 0 Å². The molecule has 5 nitrogen and oxygen atoms in total. The number of aliphatic hydroxyl groups excluding tert-OH is 3. The van der Waals surface area contributed by atoms with Crippen LogP contribution < -0.4 is 0 Å². The number of alkyl halides is 1. The summed E-state index contributed by atoms with van der Waals surface area (Å²) < 4.78 is 22.5. The minimum atomic E-state index is -2.69. The molecule has 1 unspecified atom stereocenters. The van der Waals surface area contributed by atoms with E-state index < -0.39 is 30.5 Å². The van der Waals surface area contributed by atoms with Gasteiger partial charge in [0.05, 0.1) is 6.61 Å². The summed E-state index contributed by atoms with van der Waals surface area (Å²) in [6.45, 7) is -0.161. The molecule has 3 aliphatic rings. The maximum Gasteiger partial charge on any atom is 0.289 e. The van der Waals surface area contributed by atoms with Gasteiger partial charge in [0.25, 0.3) is 5.85 Å². The van der Waals surface area contributed by atoms with E-state index in [0.717, 1.165) is 0 Å². The monoisotopic (exact) mass is 200 g/mol. The SMILES string of the molecule is F.OC1O[C@@H]2CO[C@@]1(F)[C@@H](O)[C@H]2O. The first-order valence-electron chi connectivity index (χ1n) is 3.58. The van der Waals surface area contributed by atoms with Gasteiger partial charge in [-0.1, -0.05) is 0 Å². The normalized spacial score (nSPS) is 54.5. The largest absolute Gasteiger partial charge is 0.387 e. The van der Waals surface area contributed by atoms with Crippen molar-refractivity contribution in [3.8, 4) is 0 Å². The van der Waals surface area contributed by atoms with E-state index in [9.17, 15) is 4.39 Å². The van der Waals surface area contributed by atoms with Gasteiger partial charge in [-0.15, -0.1) is 0 Å². The maximum absolute atomic E-state index is 13.4. The van der Waals surface area contributed by atoms with Crippen LogP contribution in [0, 0.1) is 0 Å². The topological polar surface area (TPSA) is 79.2 Å². The lowest BCUT2D eigenvalue weighted by Crippen LogP contribution is -2.70. The van der Waals surface area contributed by atoms with E-state index in [4.69, 9.17) is 15.3 Å². The van der Waals surface area contributed by atoms with E-state index in [0.29, 0.717) is 0 Å². The summed E-state index contributed by atoms with van der Waals surface area (Å²) >= 11 is 0. The maximum atomic E-state index is 13.4. The molecule has 2 bridgehead atoms. The molecule has 0 aromatic carbocycles. The van der Waals surface area contributed by atoms with Crippen molar-refractivity contribution in [1.29, 1.82) is 0 Å². The third-order valence-electron chi connectivity index (χ3n) is 2.22. The highest BCUT2D eigenvalue weighted by molar-refractivity contribution is 4.99. The fraction of sp³-hybridized carbons (Fsp3) is 1.00. The summed E-state index contributed by atoms with van der Waals surface area (Å²) in [5, 5.41) is 27.2. The van der Waals surface area contributed by atoms with Crippen LogP contribution in [-0.2, 0) is 9.47 Å². The Labute approximate surface area is 72.1 Å². The van der Waals surface area contributed by atoms with Crippen LogP contribution in [-0.4, -0.2) is 52.4 Å². The summed E-state index contributed by atoms with van der Waals surface area (Å²) in [4.78, 5) is 0. The third-order valence-corrected chi connectivity index (χ3v) is 2.22. The van der Waals surface area contributed by atoms with Crippen molar-refractivity contribution in [2.24, 2.45) is 0 Å². The molecule has 13 heavy (non-hydrogen) atoms. The Morgan fingerprint density at radius 1 is 1.31 bits per heavy atom. The molecule has 3 heterocycles. The van der Waals surface area contributed by atoms with Gasteiger partial charge in [-0.25, -0.2) is 4.39 Å². The highest BCUT2D eigenvalue weighted by atomic mass is 19.2. The molecule has 3 fully saturated rings. The molecule has 0 saturated carbocycles. The van der Waals surface area contributed by atoms with Crippen molar-refractivity contribution in [2.75, 3.05) is 6.61 Å². The third kappa shape index (κ3) is 1.24. The highest BCUT2D eigenvalue weighted by Gasteiger charge is 2.61. The van der Waals surface area contributed by atoms with Crippen molar-refractivity contribution in [1.82, 2.24) is 0 Å². The summed E-state index contributed by atoms with van der Waals surface area (Å²) in [5.74, 6) is -2.69. The first-order chi connectivity index (χ1) is 5.55. The molecule has 5 atom stereocenters. The zero-order chi connectivity index (χ0) is 8.93. The van der Waals surface area contributed by atoms with Crippen molar-refractivity contribution in [2.45, 2.75) is 30.5 Å². The first-order valence-corrected chi connectivity index (χ1v) is 3.58. The predicted molar refractivity (Wildman–Crippen MR) is 35.2 cm³/mol. The van der Waals surface area contributed by atoms with Crippen LogP contribution in [0.2, 0.25) is 0 Å². The molecule has 0 aromatic heterocycles. The van der Waals surface area contributed by atoms with Gasteiger partial charge in [-0.3, -0.25) is 4.70 Å². The van der Waals surface area contributed by atoms with E-state index in [1.54, 1.807) is 0 Å². The van der Waals surface area contributed by atoms with E-state index in [1.165, 1.54) is 0 Å². The zero-order valence-corrected chi connectivity index (χ0v) is 6.46. The summed E-state index contributed by atoms with van der Waals surface area (Å²) in [6.07, 6.45) is -5.77. The molecular formula is C6H10F2O5. The van der Waals surface area contributed by atoms with Gasteiger partial charge in [0.1, 0.15) is 18.3 Å². The van der Waals surface area contributed by atoms with Crippen LogP contribution in [0.25, 0.3) is 0 Å². The number of hydrogen-bond acceptors (Lipinski definition) is 5. The smallest absolute Gasteiger partial charge is 0.289 e. The van der Waals surface area contributed by atoms with E-state index in [2.05, 4.69) is 9.47 Å². The Morgan fingerprint density at radius 2 is 1.92 bits per heavy atom. The predicted octanol–water partition coefficient (Wildman–Crippen LogP) is -1.73. The molecule has 78 valence electrons. The molecule has 0 radical (unpaired) electrons. The van der Waals surface area contributed by atoms with Gasteiger partial charge in [-0.2, -0.15) is 0 Å². The second-order valence-corrected chi connectivity index (χ2v) is 2.97. The second-order valence-electron chi connectivity index (χ2n) is 2.97. The van der Waals surface area contributed by atoms with Crippen molar-refractivity contribution in [3.63, 3.8) is 0 Å². The minimum absolute atomic E-state index is 0. The number of fused-ring (bicyclic) bond motifs is 3.